The predicted molar refractivity (Wildman–Crippen MR) is 81.9 cm³/mol. The number of hydrogen-bond donors (Lipinski definition) is 1. The Balaban J connectivity index is 1.51. The number of aromatic nitrogens is 2. The van der Waals surface area contributed by atoms with Crippen molar-refractivity contribution in [3.05, 3.63) is 54.1 Å². The Labute approximate surface area is 125 Å². The van der Waals surface area contributed by atoms with Gasteiger partial charge < -0.3 is 10.1 Å². The molecule has 0 saturated carbocycles. The lowest BCUT2D eigenvalue weighted by atomic mass is 10.2. The van der Waals surface area contributed by atoms with Crippen molar-refractivity contribution in [3.63, 3.8) is 0 Å². The Morgan fingerprint density at radius 2 is 1.90 bits per heavy atom. The lowest BCUT2D eigenvalue weighted by molar-refractivity contribution is 0.0342. The molecule has 1 aromatic heterocycles. The minimum atomic E-state index is 0.691. The third kappa shape index (κ3) is 4.24. The van der Waals surface area contributed by atoms with Crippen LogP contribution in [0, 0.1) is 0 Å². The lowest BCUT2D eigenvalue weighted by Crippen LogP contribution is -2.35. The summed E-state index contributed by atoms with van der Waals surface area (Å²) in [7, 11) is 0. The van der Waals surface area contributed by atoms with Crippen molar-refractivity contribution in [2.24, 2.45) is 0 Å². The summed E-state index contributed by atoms with van der Waals surface area (Å²) in [5, 5.41) is 3.36. The van der Waals surface area contributed by atoms with Crippen molar-refractivity contribution < 1.29 is 4.74 Å². The molecule has 1 aliphatic rings. The van der Waals surface area contributed by atoms with Crippen LogP contribution in [0.3, 0.4) is 0 Å². The van der Waals surface area contributed by atoms with Gasteiger partial charge in [-0.3, -0.25) is 14.9 Å². The molecular weight excluding hydrogens is 264 g/mol. The zero-order chi connectivity index (χ0) is 14.3. The fourth-order valence-corrected chi connectivity index (χ4v) is 2.36. The maximum absolute atomic E-state index is 5.37. The first-order valence-corrected chi connectivity index (χ1v) is 7.28. The van der Waals surface area contributed by atoms with Gasteiger partial charge in [-0.05, 0) is 17.7 Å². The summed E-state index contributed by atoms with van der Waals surface area (Å²) in [6.07, 6.45) is 5.17. The summed E-state index contributed by atoms with van der Waals surface area (Å²) in [6, 6.07) is 8.58. The Kier molecular flexibility index (Phi) is 4.76. The van der Waals surface area contributed by atoms with Gasteiger partial charge in [-0.2, -0.15) is 0 Å². The Morgan fingerprint density at radius 3 is 2.62 bits per heavy atom. The molecule has 0 amide bonds. The second-order valence-electron chi connectivity index (χ2n) is 5.14. The molecule has 0 radical (unpaired) electrons. The number of nitrogens with one attached hydrogen (secondary N) is 1. The predicted octanol–water partition coefficient (Wildman–Crippen LogP) is 1.92. The van der Waals surface area contributed by atoms with E-state index in [1.54, 1.807) is 18.6 Å². The fourth-order valence-electron chi connectivity index (χ4n) is 2.36. The number of nitrogens with zero attached hydrogens (tertiary/aromatic N) is 3. The molecule has 0 atom stereocenters. The Bertz CT molecular complexity index is 538. The quantitative estimate of drug-likeness (QED) is 0.909. The Morgan fingerprint density at radius 1 is 1.10 bits per heavy atom. The molecule has 1 fully saturated rings. The van der Waals surface area contributed by atoms with E-state index in [2.05, 4.69) is 44.5 Å². The van der Waals surface area contributed by atoms with Crippen LogP contribution in [0.15, 0.2) is 42.9 Å². The standard InChI is InChI=1S/C16H20N4O/c1-3-15(19-12-16-11-17-5-6-18-16)4-2-14(1)13-20-7-9-21-10-8-20/h1-6,11,19H,7-10,12-13H2. The van der Waals surface area contributed by atoms with Crippen LogP contribution in [0.1, 0.15) is 11.3 Å². The number of rotatable bonds is 5. The maximum Gasteiger partial charge on any atom is 0.0777 e. The molecule has 5 nitrogen and oxygen atoms in total. The first-order valence-electron chi connectivity index (χ1n) is 7.28. The molecular formula is C16H20N4O. The SMILES string of the molecule is c1cnc(CNc2ccc(CN3CCOCC3)cc2)cn1. The molecule has 1 saturated heterocycles. The maximum atomic E-state index is 5.37. The summed E-state index contributed by atoms with van der Waals surface area (Å²) < 4.78 is 5.37. The molecule has 5 heteroatoms. The van der Waals surface area contributed by atoms with Crippen LogP contribution in [-0.2, 0) is 17.8 Å². The molecule has 2 aromatic rings. The monoisotopic (exact) mass is 284 g/mol. The topological polar surface area (TPSA) is 50.3 Å². The summed E-state index contributed by atoms with van der Waals surface area (Å²) >= 11 is 0. The minimum Gasteiger partial charge on any atom is -0.379 e. The van der Waals surface area contributed by atoms with Crippen molar-refractivity contribution in [1.82, 2.24) is 14.9 Å². The summed E-state index contributed by atoms with van der Waals surface area (Å²) in [5.74, 6) is 0. The van der Waals surface area contributed by atoms with Gasteiger partial charge >= 0.3 is 0 Å². The van der Waals surface area contributed by atoms with Gasteiger partial charge in [0, 0.05) is 37.7 Å². The molecule has 0 spiro atoms. The number of anilines is 1. The smallest absolute Gasteiger partial charge is 0.0777 e. The van der Waals surface area contributed by atoms with E-state index in [1.807, 2.05) is 0 Å². The third-order valence-electron chi connectivity index (χ3n) is 3.55. The second kappa shape index (κ2) is 7.15. The van der Waals surface area contributed by atoms with Crippen LogP contribution in [0.5, 0.6) is 0 Å². The zero-order valence-corrected chi connectivity index (χ0v) is 12.0. The van der Waals surface area contributed by atoms with Crippen LogP contribution in [0.25, 0.3) is 0 Å². The van der Waals surface area contributed by atoms with Crippen LogP contribution in [0.2, 0.25) is 0 Å². The Hall–Kier alpha value is -1.98. The molecule has 110 valence electrons. The second-order valence-corrected chi connectivity index (χ2v) is 5.14. The first kappa shape index (κ1) is 14.0. The molecule has 3 rings (SSSR count). The molecule has 1 aliphatic heterocycles. The molecule has 1 N–H and O–H groups in total. The molecule has 0 bridgehead atoms. The summed E-state index contributed by atoms with van der Waals surface area (Å²) in [4.78, 5) is 10.7. The van der Waals surface area contributed by atoms with E-state index >= 15 is 0 Å². The highest BCUT2D eigenvalue weighted by molar-refractivity contribution is 5.44. The van der Waals surface area contributed by atoms with E-state index in [-0.39, 0.29) is 0 Å². The van der Waals surface area contributed by atoms with E-state index in [0.717, 1.165) is 44.2 Å². The van der Waals surface area contributed by atoms with Gasteiger partial charge in [-0.15, -0.1) is 0 Å². The molecule has 2 heterocycles. The largest absolute Gasteiger partial charge is 0.379 e. The average Bonchev–Trinajstić information content (AvgIpc) is 2.56. The number of benzene rings is 1. The highest BCUT2D eigenvalue weighted by Crippen LogP contribution is 2.13. The van der Waals surface area contributed by atoms with Crippen LogP contribution in [-0.4, -0.2) is 41.2 Å². The fraction of sp³-hybridized carbons (Fsp3) is 0.375. The molecule has 21 heavy (non-hydrogen) atoms. The zero-order valence-electron chi connectivity index (χ0n) is 12.0. The summed E-state index contributed by atoms with van der Waals surface area (Å²) in [5.41, 5.74) is 3.38. The third-order valence-corrected chi connectivity index (χ3v) is 3.55. The van der Waals surface area contributed by atoms with Gasteiger partial charge in [0.15, 0.2) is 0 Å². The molecule has 1 aromatic carbocycles. The normalized spacial score (nSPS) is 15.8. The van der Waals surface area contributed by atoms with Crippen molar-refractivity contribution in [2.75, 3.05) is 31.6 Å². The van der Waals surface area contributed by atoms with E-state index in [0.29, 0.717) is 6.54 Å². The van der Waals surface area contributed by atoms with Crippen molar-refractivity contribution in [2.45, 2.75) is 13.1 Å². The van der Waals surface area contributed by atoms with Gasteiger partial charge in [0.1, 0.15) is 0 Å². The van der Waals surface area contributed by atoms with Gasteiger partial charge in [0.25, 0.3) is 0 Å². The van der Waals surface area contributed by atoms with Crippen LogP contribution >= 0.6 is 0 Å². The average molecular weight is 284 g/mol. The number of hydrogen-bond acceptors (Lipinski definition) is 5. The van der Waals surface area contributed by atoms with Crippen molar-refractivity contribution >= 4 is 5.69 Å². The van der Waals surface area contributed by atoms with E-state index in [4.69, 9.17) is 4.74 Å². The lowest BCUT2D eigenvalue weighted by Gasteiger charge is -2.26. The van der Waals surface area contributed by atoms with Crippen molar-refractivity contribution in [1.29, 1.82) is 0 Å². The van der Waals surface area contributed by atoms with Crippen LogP contribution in [0.4, 0.5) is 5.69 Å². The highest BCUT2D eigenvalue weighted by atomic mass is 16.5. The highest BCUT2D eigenvalue weighted by Gasteiger charge is 2.10. The number of morpholine rings is 1. The number of ether oxygens (including phenoxy) is 1. The minimum absolute atomic E-state index is 0.691. The van der Waals surface area contributed by atoms with E-state index in [1.165, 1.54) is 5.56 Å². The van der Waals surface area contributed by atoms with Crippen LogP contribution < -0.4 is 5.32 Å². The van der Waals surface area contributed by atoms with Gasteiger partial charge in [0.05, 0.1) is 31.6 Å². The van der Waals surface area contributed by atoms with E-state index in [9.17, 15) is 0 Å². The van der Waals surface area contributed by atoms with E-state index < -0.39 is 0 Å². The van der Waals surface area contributed by atoms with Crippen molar-refractivity contribution in [3.8, 4) is 0 Å². The van der Waals surface area contributed by atoms with Gasteiger partial charge in [-0.1, -0.05) is 12.1 Å². The first-order chi connectivity index (χ1) is 10.4. The van der Waals surface area contributed by atoms with Gasteiger partial charge in [-0.25, -0.2) is 0 Å². The molecule has 0 aliphatic carbocycles. The molecule has 0 unspecified atom stereocenters. The summed E-state index contributed by atoms with van der Waals surface area (Å²) in [6.45, 7) is 5.42. The van der Waals surface area contributed by atoms with Gasteiger partial charge in [0.2, 0.25) is 0 Å².